The zero-order valence-corrected chi connectivity index (χ0v) is 11.0. The summed E-state index contributed by atoms with van der Waals surface area (Å²) in [4.78, 5) is 16.1. The molecule has 1 saturated carbocycles. The van der Waals surface area contributed by atoms with E-state index in [0.29, 0.717) is 11.7 Å². The summed E-state index contributed by atoms with van der Waals surface area (Å²) in [7, 11) is 0. The molecule has 0 saturated heterocycles. The quantitative estimate of drug-likeness (QED) is 0.926. The molecule has 1 fully saturated rings. The van der Waals surface area contributed by atoms with Crippen molar-refractivity contribution in [2.75, 3.05) is 5.32 Å². The van der Waals surface area contributed by atoms with Gasteiger partial charge in [-0.05, 0) is 53.7 Å². The minimum atomic E-state index is 0.0803. The molecule has 2 rings (SSSR count). The van der Waals surface area contributed by atoms with Crippen LogP contribution in [0.15, 0.2) is 16.6 Å². The smallest absolute Gasteiger partial charge is 0.228 e. The maximum absolute atomic E-state index is 11.8. The van der Waals surface area contributed by atoms with Gasteiger partial charge in [-0.15, -0.1) is 0 Å². The summed E-state index contributed by atoms with van der Waals surface area (Å²) in [5, 5.41) is 2.86. The van der Waals surface area contributed by atoms with E-state index in [0.717, 1.165) is 10.2 Å². The van der Waals surface area contributed by atoms with Gasteiger partial charge < -0.3 is 5.32 Å². The lowest BCUT2D eigenvalue weighted by Crippen LogP contribution is -2.22. The number of carbonyl (C=O) groups is 1. The standard InChI is InChI=1S/C12H15BrN2O/c1-7(9-3-4-9)12(16)15-11-6-5-10(13)8(2)14-11/h5-7,9H,3-4H2,1-2H3,(H,14,15,16). The number of aromatic nitrogens is 1. The van der Waals surface area contributed by atoms with E-state index in [1.165, 1.54) is 12.8 Å². The van der Waals surface area contributed by atoms with E-state index in [2.05, 4.69) is 26.2 Å². The molecule has 1 amide bonds. The Kier molecular flexibility index (Phi) is 3.28. The summed E-state index contributed by atoms with van der Waals surface area (Å²) in [5.74, 6) is 1.40. The van der Waals surface area contributed by atoms with Gasteiger partial charge in [0, 0.05) is 10.4 Å². The summed E-state index contributed by atoms with van der Waals surface area (Å²) >= 11 is 3.38. The van der Waals surface area contributed by atoms with Crippen molar-refractivity contribution in [3.05, 3.63) is 22.3 Å². The summed E-state index contributed by atoms with van der Waals surface area (Å²) in [5.41, 5.74) is 0.886. The third-order valence-corrected chi connectivity index (χ3v) is 3.85. The number of nitrogens with zero attached hydrogens (tertiary/aromatic N) is 1. The van der Waals surface area contributed by atoms with Crippen LogP contribution in [0.3, 0.4) is 0 Å². The molecule has 3 nitrogen and oxygen atoms in total. The lowest BCUT2D eigenvalue weighted by atomic mass is 10.1. The molecule has 1 atom stereocenters. The van der Waals surface area contributed by atoms with Crippen molar-refractivity contribution in [1.82, 2.24) is 4.98 Å². The van der Waals surface area contributed by atoms with Crippen LogP contribution in [-0.4, -0.2) is 10.9 Å². The summed E-state index contributed by atoms with van der Waals surface area (Å²) in [6.07, 6.45) is 2.36. The predicted octanol–water partition coefficient (Wildman–Crippen LogP) is 3.14. The summed E-state index contributed by atoms with van der Waals surface area (Å²) in [6.45, 7) is 3.89. The molecule has 1 heterocycles. The molecule has 1 aliphatic rings. The number of halogens is 1. The lowest BCUT2D eigenvalue weighted by Gasteiger charge is -2.11. The van der Waals surface area contributed by atoms with Gasteiger partial charge in [0.15, 0.2) is 0 Å². The van der Waals surface area contributed by atoms with E-state index in [9.17, 15) is 4.79 Å². The highest BCUT2D eigenvalue weighted by molar-refractivity contribution is 9.10. The Bertz CT molecular complexity index is 415. The van der Waals surface area contributed by atoms with Crippen molar-refractivity contribution in [2.24, 2.45) is 11.8 Å². The molecule has 1 unspecified atom stereocenters. The Labute approximate surface area is 104 Å². The molecule has 0 radical (unpaired) electrons. The molecule has 16 heavy (non-hydrogen) atoms. The monoisotopic (exact) mass is 282 g/mol. The van der Waals surface area contributed by atoms with Crippen molar-refractivity contribution in [3.8, 4) is 0 Å². The number of aryl methyl sites for hydroxylation is 1. The van der Waals surface area contributed by atoms with Crippen molar-refractivity contribution >= 4 is 27.7 Å². The second-order valence-electron chi connectivity index (χ2n) is 4.38. The fourth-order valence-corrected chi connectivity index (χ4v) is 1.88. The highest BCUT2D eigenvalue weighted by atomic mass is 79.9. The van der Waals surface area contributed by atoms with Crippen molar-refractivity contribution in [3.63, 3.8) is 0 Å². The molecule has 1 N–H and O–H groups in total. The topological polar surface area (TPSA) is 42.0 Å². The summed E-state index contributed by atoms with van der Waals surface area (Å²) in [6, 6.07) is 3.72. The van der Waals surface area contributed by atoms with E-state index in [1.54, 1.807) is 0 Å². The highest BCUT2D eigenvalue weighted by Crippen LogP contribution is 2.36. The molecule has 0 spiro atoms. The fraction of sp³-hybridized carbons (Fsp3) is 0.500. The minimum absolute atomic E-state index is 0.0803. The first-order valence-corrected chi connectivity index (χ1v) is 6.31. The van der Waals surface area contributed by atoms with Crippen LogP contribution in [0, 0.1) is 18.8 Å². The number of nitrogens with one attached hydrogen (secondary N) is 1. The number of hydrogen-bond donors (Lipinski definition) is 1. The molecule has 4 heteroatoms. The van der Waals surface area contributed by atoms with Gasteiger partial charge in [-0.25, -0.2) is 4.98 Å². The predicted molar refractivity (Wildman–Crippen MR) is 67.2 cm³/mol. The van der Waals surface area contributed by atoms with E-state index in [1.807, 2.05) is 26.0 Å². The van der Waals surface area contributed by atoms with Crippen LogP contribution in [0.2, 0.25) is 0 Å². The van der Waals surface area contributed by atoms with Gasteiger partial charge in [0.1, 0.15) is 5.82 Å². The third-order valence-electron chi connectivity index (χ3n) is 3.02. The molecule has 1 aromatic rings. The van der Waals surface area contributed by atoms with E-state index < -0.39 is 0 Å². The Morgan fingerprint density at radius 3 is 2.81 bits per heavy atom. The zero-order valence-electron chi connectivity index (χ0n) is 9.46. The molecule has 1 aromatic heterocycles. The van der Waals surface area contributed by atoms with Crippen molar-refractivity contribution < 1.29 is 4.79 Å². The normalized spacial score (nSPS) is 16.9. The van der Waals surface area contributed by atoms with Crippen LogP contribution in [0.4, 0.5) is 5.82 Å². The van der Waals surface area contributed by atoms with Crippen LogP contribution in [0.25, 0.3) is 0 Å². The molecule has 1 aliphatic carbocycles. The first kappa shape index (κ1) is 11.6. The van der Waals surface area contributed by atoms with E-state index >= 15 is 0 Å². The SMILES string of the molecule is Cc1nc(NC(=O)C(C)C2CC2)ccc1Br. The number of rotatable bonds is 3. The summed E-state index contributed by atoms with van der Waals surface area (Å²) < 4.78 is 0.959. The van der Waals surface area contributed by atoms with Gasteiger partial charge in [-0.3, -0.25) is 4.79 Å². The Hall–Kier alpha value is -0.900. The van der Waals surface area contributed by atoms with Gasteiger partial charge in [-0.1, -0.05) is 6.92 Å². The van der Waals surface area contributed by atoms with E-state index in [-0.39, 0.29) is 11.8 Å². The van der Waals surface area contributed by atoms with Crippen LogP contribution >= 0.6 is 15.9 Å². The Balaban J connectivity index is 2.02. The number of hydrogen-bond acceptors (Lipinski definition) is 2. The van der Waals surface area contributed by atoms with Crippen LogP contribution < -0.4 is 5.32 Å². The van der Waals surface area contributed by atoms with Crippen LogP contribution in [0.1, 0.15) is 25.5 Å². The second kappa shape index (κ2) is 4.53. The minimum Gasteiger partial charge on any atom is -0.310 e. The second-order valence-corrected chi connectivity index (χ2v) is 5.23. The largest absolute Gasteiger partial charge is 0.310 e. The molecule has 0 aromatic carbocycles. The lowest BCUT2D eigenvalue weighted by molar-refractivity contribution is -0.119. The maximum atomic E-state index is 11.8. The Morgan fingerprint density at radius 1 is 1.56 bits per heavy atom. The number of amides is 1. The third kappa shape index (κ3) is 2.61. The fourth-order valence-electron chi connectivity index (χ4n) is 1.66. The van der Waals surface area contributed by atoms with Crippen LogP contribution in [-0.2, 0) is 4.79 Å². The van der Waals surface area contributed by atoms with Gasteiger partial charge in [0.05, 0.1) is 5.69 Å². The van der Waals surface area contributed by atoms with Crippen LogP contribution in [0.5, 0.6) is 0 Å². The van der Waals surface area contributed by atoms with Gasteiger partial charge in [-0.2, -0.15) is 0 Å². The van der Waals surface area contributed by atoms with Crippen molar-refractivity contribution in [2.45, 2.75) is 26.7 Å². The molecule has 86 valence electrons. The Morgan fingerprint density at radius 2 is 2.25 bits per heavy atom. The molecule has 0 bridgehead atoms. The highest BCUT2D eigenvalue weighted by Gasteiger charge is 2.32. The van der Waals surface area contributed by atoms with Gasteiger partial charge in [0.25, 0.3) is 0 Å². The first-order chi connectivity index (χ1) is 7.58. The van der Waals surface area contributed by atoms with Gasteiger partial charge >= 0.3 is 0 Å². The van der Waals surface area contributed by atoms with Gasteiger partial charge in [0.2, 0.25) is 5.91 Å². The first-order valence-electron chi connectivity index (χ1n) is 5.52. The molecule has 0 aliphatic heterocycles. The van der Waals surface area contributed by atoms with Crippen molar-refractivity contribution in [1.29, 1.82) is 0 Å². The zero-order chi connectivity index (χ0) is 11.7. The molecular weight excluding hydrogens is 268 g/mol. The van der Waals surface area contributed by atoms with E-state index in [4.69, 9.17) is 0 Å². The molecular formula is C12H15BrN2O. The average Bonchev–Trinajstić information content (AvgIpc) is 3.06. The number of pyridine rings is 1. The maximum Gasteiger partial charge on any atom is 0.228 e. The number of carbonyl (C=O) groups excluding carboxylic acids is 1. The average molecular weight is 283 g/mol. The number of anilines is 1.